The lowest BCUT2D eigenvalue weighted by molar-refractivity contribution is -0.138. The zero-order valence-corrected chi connectivity index (χ0v) is 9.90. The molecule has 17 heavy (non-hydrogen) atoms. The summed E-state index contributed by atoms with van der Waals surface area (Å²) in [5, 5.41) is 0. The molecule has 0 radical (unpaired) electrons. The van der Waals surface area contributed by atoms with E-state index in [0.29, 0.717) is 6.07 Å². The normalized spacial score (nSPS) is 14.8. The molecule has 0 spiro atoms. The van der Waals surface area contributed by atoms with Crippen LogP contribution in [0.25, 0.3) is 0 Å². The van der Waals surface area contributed by atoms with Gasteiger partial charge in [-0.1, -0.05) is 26.8 Å². The van der Waals surface area contributed by atoms with Gasteiger partial charge >= 0.3 is 6.18 Å². The van der Waals surface area contributed by atoms with Crippen LogP contribution in [0.1, 0.15) is 37.9 Å². The Balaban J connectivity index is 3.34. The standard InChI is InChI=1S/C12H15F4N/c1-11(2,3)10(17)8-5-4-7(13)6-9(8)12(14,15)16/h4-6,10H,17H2,1-3H3/t10-/m0/s1. The van der Waals surface area contributed by atoms with Gasteiger partial charge in [0, 0.05) is 6.04 Å². The van der Waals surface area contributed by atoms with E-state index < -0.39 is 29.0 Å². The van der Waals surface area contributed by atoms with Crippen molar-refractivity contribution in [3.8, 4) is 0 Å². The van der Waals surface area contributed by atoms with Crippen molar-refractivity contribution in [3.05, 3.63) is 35.1 Å². The molecular weight excluding hydrogens is 234 g/mol. The third-order valence-electron chi connectivity index (χ3n) is 2.59. The Bertz CT molecular complexity index is 404. The van der Waals surface area contributed by atoms with E-state index >= 15 is 0 Å². The molecule has 0 aliphatic heterocycles. The Hall–Kier alpha value is -1.10. The molecule has 0 bridgehead atoms. The second-order valence-corrected chi connectivity index (χ2v) is 5.07. The molecule has 1 nitrogen and oxygen atoms in total. The maximum atomic E-state index is 12.9. The van der Waals surface area contributed by atoms with E-state index in [1.165, 1.54) is 0 Å². The van der Waals surface area contributed by atoms with Crippen molar-refractivity contribution in [3.63, 3.8) is 0 Å². The molecule has 1 aromatic rings. The highest BCUT2D eigenvalue weighted by Gasteiger charge is 2.37. The molecule has 2 N–H and O–H groups in total. The maximum absolute atomic E-state index is 12.9. The van der Waals surface area contributed by atoms with Crippen molar-refractivity contribution < 1.29 is 17.6 Å². The Kier molecular flexibility index (Phi) is 3.52. The zero-order chi connectivity index (χ0) is 13.4. The molecule has 0 saturated heterocycles. The van der Waals surface area contributed by atoms with Crippen LogP contribution in [-0.4, -0.2) is 0 Å². The van der Waals surface area contributed by atoms with Gasteiger partial charge in [-0.3, -0.25) is 0 Å². The number of hydrogen-bond acceptors (Lipinski definition) is 1. The van der Waals surface area contributed by atoms with Crippen LogP contribution in [-0.2, 0) is 6.18 Å². The fraction of sp³-hybridized carbons (Fsp3) is 0.500. The van der Waals surface area contributed by atoms with Crippen molar-refractivity contribution in [2.24, 2.45) is 11.1 Å². The summed E-state index contributed by atoms with van der Waals surface area (Å²) in [6, 6.07) is 1.78. The Labute approximate surface area is 97.6 Å². The van der Waals surface area contributed by atoms with Crippen LogP contribution in [0, 0.1) is 11.2 Å². The van der Waals surface area contributed by atoms with Crippen molar-refractivity contribution in [1.82, 2.24) is 0 Å². The quantitative estimate of drug-likeness (QED) is 0.751. The minimum absolute atomic E-state index is 0.0774. The summed E-state index contributed by atoms with van der Waals surface area (Å²) in [5.41, 5.74) is 4.19. The first-order chi connectivity index (χ1) is 7.53. The fourth-order valence-corrected chi connectivity index (χ4v) is 1.51. The van der Waals surface area contributed by atoms with Gasteiger partial charge in [0.15, 0.2) is 0 Å². The molecule has 0 unspecified atom stereocenters. The SMILES string of the molecule is CC(C)(C)[C@@H](N)c1ccc(F)cc1C(F)(F)F. The third kappa shape index (κ3) is 3.19. The van der Waals surface area contributed by atoms with Crippen molar-refractivity contribution in [1.29, 1.82) is 0 Å². The van der Waals surface area contributed by atoms with E-state index in [9.17, 15) is 17.6 Å². The summed E-state index contributed by atoms with van der Waals surface area (Å²) in [6.45, 7) is 5.21. The first-order valence-electron chi connectivity index (χ1n) is 5.15. The zero-order valence-electron chi connectivity index (χ0n) is 9.90. The molecule has 0 aliphatic carbocycles. The van der Waals surface area contributed by atoms with Gasteiger partial charge in [-0.25, -0.2) is 4.39 Å². The maximum Gasteiger partial charge on any atom is 0.416 e. The number of rotatable bonds is 1. The monoisotopic (exact) mass is 249 g/mol. The summed E-state index contributed by atoms with van der Waals surface area (Å²) in [5.74, 6) is -0.915. The lowest BCUT2D eigenvalue weighted by Gasteiger charge is -2.29. The number of nitrogens with two attached hydrogens (primary N) is 1. The van der Waals surface area contributed by atoms with Crippen molar-refractivity contribution in [2.45, 2.75) is 33.0 Å². The summed E-state index contributed by atoms with van der Waals surface area (Å²) in [7, 11) is 0. The number of hydrogen-bond donors (Lipinski definition) is 1. The number of benzene rings is 1. The average molecular weight is 249 g/mol. The highest BCUT2D eigenvalue weighted by Crippen LogP contribution is 2.39. The minimum Gasteiger partial charge on any atom is -0.324 e. The molecule has 96 valence electrons. The topological polar surface area (TPSA) is 26.0 Å². The van der Waals surface area contributed by atoms with Gasteiger partial charge in [-0.2, -0.15) is 13.2 Å². The van der Waals surface area contributed by atoms with E-state index in [-0.39, 0.29) is 5.56 Å². The van der Waals surface area contributed by atoms with Gasteiger partial charge in [-0.15, -0.1) is 0 Å². The van der Waals surface area contributed by atoms with Crippen molar-refractivity contribution in [2.75, 3.05) is 0 Å². The Morgan fingerprint density at radius 2 is 1.65 bits per heavy atom. The minimum atomic E-state index is -4.60. The largest absolute Gasteiger partial charge is 0.416 e. The summed E-state index contributed by atoms with van der Waals surface area (Å²) >= 11 is 0. The van der Waals surface area contributed by atoms with Gasteiger partial charge in [0.05, 0.1) is 5.56 Å². The van der Waals surface area contributed by atoms with Crippen LogP contribution in [0.4, 0.5) is 17.6 Å². The van der Waals surface area contributed by atoms with Crippen LogP contribution < -0.4 is 5.73 Å². The Morgan fingerprint density at radius 1 is 1.12 bits per heavy atom. The molecule has 1 atom stereocenters. The van der Waals surface area contributed by atoms with E-state index in [4.69, 9.17) is 5.73 Å². The predicted molar refractivity (Wildman–Crippen MR) is 57.8 cm³/mol. The highest BCUT2D eigenvalue weighted by atomic mass is 19.4. The lowest BCUT2D eigenvalue weighted by atomic mass is 9.81. The van der Waals surface area contributed by atoms with E-state index in [1.807, 2.05) is 0 Å². The molecule has 0 amide bonds. The predicted octanol–water partition coefficient (Wildman–Crippen LogP) is 3.89. The van der Waals surface area contributed by atoms with Crippen LogP contribution in [0.15, 0.2) is 18.2 Å². The molecule has 0 saturated carbocycles. The highest BCUT2D eigenvalue weighted by molar-refractivity contribution is 5.33. The lowest BCUT2D eigenvalue weighted by Crippen LogP contribution is -2.28. The van der Waals surface area contributed by atoms with Crippen LogP contribution >= 0.6 is 0 Å². The summed E-state index contributed by atoms with van der Waals surface area (Å²) in [4.78, 5) is 0. The van der Waals surface area contributed by atoms with E-state index in [0.717, 1.165) is 12.1 Å². The third-order valence-corrected chi connectivity index (χ3v) is 2.59. The van der Waals surface area contributed by atoms with Gasteiger partial charge in [0.1, 0.15) is 5.82 Å². The van der Waals surface area contributed by atoms with Gasteiger partial charge in [-0.05, 0) is 23.1 Å². The molecule has 5 heteroatoms. The fourth-order valence-electron chi connectivity index (χ4n) is 1.51. The Morgan fingerprint density at radius 3 is 2.06 bits per heavy atom. The summed E-state index contributed by atoms with van der Waals surface area (Å²) in [6.07, 6.45) is -4.60. The van der Waals surface area contributed by atoms with E-state index in [2.05, 4.69) is 0 Å². The van der Waals surface area contributed by atoms with Crippen LogP contribution in [0.2, 0.25) is 0 Å². The molecule has 0 fully saturated rings. The van der Waals surface area contributed by atoms with Gasteiger partial charge < -0.3 is 5.73 Å². The second-order valence-electron chi connectivity index (χ2n) is 5.07. The first-order valence-corrected chi connectivity index (χ1v) is 5.15. The summed E-state index contributed by atoms with van der Waals surface area (Å²) < 4.78 is 51.2. The molecular formula is C12H15F4N. The molecule has 0 aliphatic rings. The van der Waals surface area contributed by atoms with Gasteiger partial charge in [0.2, 0.25) is 0 Å². The number of halogens is 4. The van der Waals surface area contributed by atoms with E-state index in [1.54, 1.807) is 20.8 Å². The molecule has 1 aromatic carbocycles. The van der Waals surface area contributed by atoms with Gasteiger partial charge in [0.25, 0.3) is 0 Å². The van der Waals surface area contributed by atoms with Crippen molar-refractivity contribution >= 4 is 0 Å². The van der Waals surface area contributed by atoms with Crippen LogP contribution in [0.5, 0.6) is 0 Å². The molecule has 0 aromatic heterocycles. The average Bonchev–Trinajstić information content (AvgIpc) is 2.14. The number of alkyl halides is 3. The smallest absolute Gasteiger partial charge is 0.324 e. The van der Waals surface area contributed by atoms with Crippen LogP contribution in [0.3, 0.4) is 0 Å². The molecule has 0 heterocycles. The molecule has 1 rings (SSSR count). The first kappa shape index (κ1) is 14.0. The second kappa shape index (κ2) is 4.29.